The minimum absolute atomic E-state index is 0.0161. The molecule has 2 amide bonds. The molecule has 0 aliphatic carbocycles. The van der Waals surface area contributed by atoms with E-state index in [0.29, 0.717) is 36.3 Å². The van der Waals surface area contributed by atoms with E-state index in [4.69, 9.17) is 9.47 Å². The van der Waals surface area contributed by atoms with Gasteiger partial charge < -0.3 is 29.6 Å². The molecule has 246 valence electrons. The molecular weight excluding hydrogens is 584 g/mol. The number of likely N-dealkylation sites (N-methyl/N-ethyl adjacent to an activating group) is 1. The lowest BCUT2D eigenvalue weighted by Gasteiger charge is -2.33. The van der Waals surface area contributed by atoms with Crippen molar-refractivity contribution in [2.45, 2.75) is 80.0 Å². The van der Waals surface area contributed by atoms with Gasteiger partial charge in [-0.3, -0.25) is 9.59 Å². The highest BCUT2D eigenvalue weighted by Crippen LogP contribution is 2.34. The third kappa shape index (κ3) is 7.97. The lowest BCUT2D eigenvalue weighted by molar-refractivity contribution is 0.0292. The fraction of sp³-hybridized carbons (Fsp3) is 0.444. The largest absolute Gasteiger partial charge is 0.462 e. The van der Waals surface area contributed by atoms with Crippen molar-refractivity contribution in [2.75, 3.05) is 31.1 Å². The van der Waals surface area contributed by atoms with Crippen LogP contribution in [0.15, 0.2) is 47.3 Å². The topological polar surface area (TPSA) is 121 Å². The van der Waals surface area contributed by atoms with Gasteiger partial charge in [0.25, 0.3) is 11.5 Å². The molecule has 10 nitrogen and oxygen atoms in total. The van der Waals surface area contributed by atoms with E-state index in [1.807, 2.05) is 65.8 Å². The molecule has 2 heterocycles. The molecule has 0 saturated carbocycles. The lowest BCUT2D eigenvalue weighted by Crippen LogP contribution is -2.41. The van der Waals surface area contributed by atoms with Crippen LogP contribution in [0, 0.1) is 20.8 Å². The summed E-state index contributed by atoms with van der Waals surface area (Å²) in [5.41, 5.74) is 5.47. The first-order chi connectivity index (χ1) is 21.7. The molecule has 0 spiro atoms. The maximum Gasteiger partial charge on any atom is 0.410 e. The zero-order valence-corrected chi connectivity index (χ0v) is 28.2. The second-order valence-corrected chi connectivity index (χ2v) is 12.7. The highest BCUT2D eigenvalue weighted by molar-refractivity contribution is 5.99. The van der Waals surface area contributed by atoms with E-state index in [2.05, 4.69) is 28.2 Å². The van der Waals surface area contributed by atoms with Crippen LogP contribution in [0.2, 0.25) is 0 Å². The molecular formula is C36H46N4O6. The zero-order valence-electron chi connectivity index (χ0n) is 28.2. The number of nitrogens with one attached hydrogen (secondary N) is 2. The van der Waals surface area contributed by atoms with Crippen molar-refractivity contribution in [3.05, 3.63) is 86.3 Å². The van der Waals surface area contributed by atoms with Crippen LogP contribution in [0.3, 0.4) is 0 Å². The minimum Gasteiger partial charge on any atom is -0.462 e. The van der Waals surface area contributed by atoms with Gasteiger partial charge >= 0.3 is 12.1 Å². The summed E-state index contributed by atoms with van der Waals surface area (Å²) < 4.78 is 10.8. The van der Waals surface area contributed by atoms with Gasteiger partial charge in [0.2, 0.25) is 0 Å². The molecule has 1 aliphatic heterocycles. The van der Waals surface area contributed by atoms with Crippen molar-refractivity contribution in [2.24, 2.45) is 0 Å². The molecule has 0 radical (unpaired) electrons. The second-order valence-electron chi connectivity index (χ2n) is 12.7. The third-order valence-electron chi connectivity index (χ3n) is 8.18. The van der Waals surface area contributed by atoms with Crippen molar-refractivity contribution < 1.29 is 23.9 Å². The van der Waals surface area contributed by atoms with Crippen LogP contribution in [0.5, 0.6) is 0 Å². The summed E-state index contributed by atoms with van der Waals surface area (Å²) in [6, 6.07) is 12.9. The number of rotatable bonds is 9. The summed E-state index contributed by atoms with van der Waals surface area (Å²) in [5.74, 6) is -0.700. The smallest absolute Gasteiger partial charge is 0.410 e. The fourth-order valence-corrected chi connectivity index (χ4v) is 5.89. The number of ether oxygens (including phenoxy) is 2. The number of likely N-dealkylation sites (tertiary alicyclic amines) is 1. The van der Waals surface area contributed by atoms with Crippen molar-refractivity contribution in [3.63, 3.8) is 0 Å². The molecule has 2 aromatic carbocycles. The molecule has 0 bridgehead atoms. The number of amides is 2. The Morgan fingerprint density at radius 1 is 1.02 bits per heavy atom. The highest BCUT2D eigenvalue weighted by Gasteiger charge is 2.33. The van der Waals surface area contributed by atoms with Crippen LogP contribution in [0.25, 0.3) is 11.1 Å². The number of hydrogen-bond donors (Lipinski definition) is 2. The van der Waals surface area contributed by atoms with Crippen LogP contribution in [0.1, 0.15) is 84.1 Å². The normalized spacial score (nSPS) is 14.6. The maximum atomic E-state index is 13.8. The van der Waals surface area contributed by atoms with Crippen molar-refractivity contribution in [3.8, 4) is 11.1 Å². The molecule has 1 unspecified atom stereocenters. The number of nitrogens with zero attached hydrogens (tertiary/aromatic N) is 2. The van der Waals surface area contributed by atoms with Crippen molar-refractivity contribution >= 4 is 23.7 Å². The van der Waals surface area contributed by atoms with Gasteiger partial charge in [-0.2, -0.15) is 0 Å². The predicted molar refractivity (Wildman–Crippen MR) is 180 cm³/mol. The number of aryl methyl sites for hydroxylation is 2. The molecule has 1 aliphatic rings. The maximum absolute atomic E-state index is 13.8. The number of anilines is 1. The Balaban J connectivity index is 1.71. The lowest BCUT2D eigenvalue weighted by atomic mass is 9.95. The molecule has 2 N–H and O–H groups in total. The minimum atomic E-state index is -0.586. The number of benzene rings is 2. The van der Waals surface area contributed by atoms with Gasteiger partial charge in [-0.25, -0.2) is 9.59 Å². The molecule has 10 heteroatoms. The third-order valence-corrected chi connectivity index (χ3v) is 8.18. The Hall–Kier alpha value is -4.60. The Morgan fingerprint density at radius 2 is 1.72 bits per heavy atom. The zero-order chi connectivity index (χ0) is 33.8. The quantitative estimate of drug-likeness (QED) is 0.282. The van der Waals surface area contributed by atoms with Crippen LogP contribution in [0.4, 0.5) is 10.5 Å². The number of pyridine rings is 1. The van der Waals surface area contributed by atoms with Crippen LogP contribution in [-0.2, 0) is 16.0 Å². The number of carbonyl (C=O) groups excluding carboxylic acids is 3. The van der Waals surface area contributed by atoms with Crippen molar-refractivity contribution in [1.82, 2.24) is 15.2 Å². The highest BCUT2D eigenvalue weighted by atomic mass is 16.6. The van der Waals surface area contributed by atoms with Crippen LogP contribution >= 0.6 is 0 Å². The molecule has 1 fully saturated rings. The Labute approximate surface area is 271 Å². The standard InChI is InChI=1S/C36H46N4O6/c1-9-40(28-15-16-39(21-28)35(44)46-36(6,7)8)31-19-27(25-11-13-26(14-12-25)34(43)45-10-2)18-29(24(31)5)32(41)37-20-30-22(3)17-23(4)38-33(30)42/h11-14,17-19,28H,9-10,15-16,20-21H2,1-8H3,(H,37,41)(H,38,42). The van der Waals surface area contributed by atoms with E-state index in [0.717, 1.165) is 40.1 Å². The number of aromatic nitrogens is 1. The summed E-state index contributed by atoms with van der Waals surface area (Å²) in [7, 11) is 0. The summed E-state index contributed by atoms with van der Waals surface area (Å²) in [6.45, 7) is 17.1. The van der Waals surface area contributed by atoms with E-state index in [9.17, 15) is 19.2 Å². The van der Waals surface area contributed by atoms with Gasteiger partial charge in [0.05, 0.1) is 12.2 Å². The number of H-pyrrole nitrogens is 1. The Morgan fingerprint density at radius 3 is 2.33 bits per heavy atom. The molecule has 1 atom stereocenters. The van der Waals surface area contributed by atoms with Gasteiger partial charge in [-0.05, 0) is 114 Å². The Kier molecular flexibility index (Phi) is 10.6. The summed E-state index contributed by atoms with van der Waals surface area (Å²) in [4.78, 5) is 58.3. The Bertz CT molecular complexity index is 1650. The number of aromatic amines is 1. The average Bonchev–Trinajstić information content (AvgIpc) is 3.47. The van der Waals surface area contributed by atoms with Gasteiger partial charge in [0.15, 0.2) is 0 Å². The number of hydrogen-bond acceptors (Lipinski definition) is 7. The summed E-state index contributed by atoms with van der Waals surface area (Å²) >= 11 is 0. The van der Waals surface area contributed by atoms with E-state index >= 15 is 0 Å². The first-order valence-corrected chi connectivity index (χ1v) is 15.9. The van der Waals surface area contributed by atoms with E-state index < -0.39 is 11.6 Å². The van der Waals surface area contributed by atoms with E-state index in [1.165, 1.54) is 0 Å². The number of carbonyl (C=O) groups is 3. The van der Waals surface area contributed by atoms with Crippen LogP contribution < -0.4 is 15.8 Å². The predicted octanol–water partition coefficient (Wildman–Crippen LogP) is 5.91. The summed E-state index contributed by atoms with van der Waals surface area (Å²) in [6.07, 6.45) is 0.418. The van der Waals surface area contributed by atoms with Crippen molar-refractivity contribution in [1.29, 1.82) is 0 Å². The first-order valence-electron chi connectivity index (χ1n) is 15.9. The average molecular weight is 631 g/mol. The van der Waals surface area contributed by atoms with E-state index in [1.54, 1.807) is 24.0 Å². The van der Waals surface area contributed by atoms with Gasteiger partial charge in [0, 0.05) is 54.7 Å². The fourth-order valence-electron chi connectivity index (χ4n) is 5.89. The number of esters is 1. The molecule has 1 saturated heterocycles. The van der Waals surface area contributed by atoms with Gasteiger partial charge in [-0.1, -0.05) is 12.1 Å². The SMILES string of the molecule is CCOC(=O)c1ccc(-c2cc(C(=O)NCc3c(C)cc(C)[nH]c3=O)c(C)c(N(CC)C3CCN(C(=O)OC(C)(C)C)C3)c2)cc1. The second kappa shape index (κ2) is 14.2. The van der Waals surface area contributed by atoms with Crippen LogP contribution in [-0.4, -0.2) is 65.7 Å². The monoisotopic (exact) mass is 630 g/mol. The molecule has 1 aromatic heterocycles. The van der Waals surface area contributed by atoms with Gasteiger partial charge in [0.1, 0.15) is 5.60 Å². The first kappa shape index (κ1) is 34.3. The molecule has 3 aromatic rings. The van der Waals surface area contributed by atoms with Gasteiger partial charge in [-0.15, -0.1) is 0 Å². The van der Waals surface area contributed by atoms with E-state index in [-0.39, 0.29) is 36.8 Å². The molecule has 4 rings (SSSR count). The molecule has 46 heavy (non-hydrogen) atoms. The summed E-state index contributed by atoms with van der Waals surface area (Å²) in [5, 5.41) is 2.96.